The van der Waals surface area contributed by atoms with E-state index in [0.717, 1.165) is 13.0 Å². The second-order valence-corrected chi connectivity index (χ2v) is 4.47. The number of carbonyl (C=O) groups is 1. The summed E-state index contributed by atoms with van der Waals surface area (Å²) in [4.78, 5) is 20.0. The van der Waals surface area contributed by atoms with Crippen molar-refractivity contribution in [2.24, 2.45) is 0 Å². The number of aryl methyl sites for hydroxylation is 1. The first kappa shape index (κ1) is 17.5. The van der Waals surface area contributed by atoms with E-state index in [1.807, 2.05) is 6.92 Å². The average Bonchev–Trinajstić information content (AvgIpc) is 2.33. The maximum Gasteiger partial charge on any atom is 0.220 e. The summed E-state index contributed by atoms with van der Waals surface area (Å²) in [6.07, 6.45) is 4.95. The molecule has 1 unspecified atom stereocenters. The lowest BCUT2D eigenvalue weighted by Gasteiger charge is -2.13. The van der Waals surface area contributed by atoms with E-state index in [-0.39, 0.29) is 23.2 Å². The number of aromatic nitrogens is 2. The molecule has 6 nitrogen and oxygen atoms in total. The lowest BCUT2D eigenvalue weighted by Crippen LogP contribution is -2.35. The van der Waals surface area contributed by atoms with Gasteiger partial charge < -0.3 is 16.5 Å². The first-order valence-electron chi connectivity index (χ1n) is 6.43. The summed E-state index contributed by atoms with van der Waals surface area (Å²) in [5.41, 5.74) is 6.64. The number of hydrogen-bond acceptors (Lipinski definition) is 5. The Morgan fingerprint density at radius 2 is 2.16 bits per heavy atom. The summed E-state index contributed by atoms with van der Waals surface area (Å²) in [7, 11) is 0. The van der Waals surface area contributed by atoms with Crippen LogP contribution in [0.5, 0.6) is 0 Å². The molecule has 0 bridgehead atoms. The van der Waals surface area contributed by atoms with Gasteiger partial charge in [0.25, 0.3) is 0 Å². The molecule has 1 rings (SSSR count). The van der Waals surface area contributed by atoms with Crippen LogP contribution in [0.4, 0.5) is 5.95 Å². The van der Waals surface area contributed by atoms with Gasteiger partial charge in [-0.25, -0.2) is 9.97 Å². The molecule has 1 aromatic rings. The number of ketones is 1. The lowest BCUT2D eigenvalue weighted by atomic mass is 10.1. The van der Waals surface area contributed by atoms with E-state index in [9.17, 15) is 4.79 Å². The highest BCUT2D eigenvalue weighted by Gasteiger charge is 2.17. The van der Waals surface area contributed by atoms with E-state index in [1.54, 1.807) is 6.92 Å². The zero-order valence-electron chi connectivity index (χ0n) is 11.9. The number of Topliss-reactive ketones (excluding diaryl/α,β-unsaturated/α-hetero) is 1. The number of nitrogens with two attached hydrogens (primary N) is 1. The molecule has 0 fully saturated rings. The van der Waals surface area contributed by atoms with Gasteiger partial charge >= 0.3 is 0 Å². The van der Waals surface area contributed by atoms with Crippen molar-refractivity contribution in [3.63, 3.8) is 0 Å². The summed E-state index contributed by atoms with van der Waals surface area (Å²) >= 11 is 0. The van der Waals surface area contributed by atoms with Gasteiger partial charge in [-0.15, -0.1) is 0 Å². The predicted molar refractivity (Wildman–Crippen MR) is 76.1 cm³/mol. The standard InChI is InChI=1S/C13H22N4O.H2O/c1-4-5-6-7-15-10(3)12(18)11-8-16-13(14)17-9(11)2;/h8,10,15H,4-7H2,1-3H3,(H2,14,16,17);1H2. The topological polar surface area (TPSA) is 112 Å². The minimum absolute atomic E-state index is 0. The van der Waals surface area contributed by atoms with E-state index in [0.29, 0.717) is 11.3 Å². The quantitative estimate of drug-likeness (QED) is 0.563. The Morgan fingerprint density at radius 1 is 1.47 bits per heavy atom. The average molecular weight is 268 g/mol. The van der Waals surface area contributed by atoms with Crippen molar-refractivity contribution in [1.82, 2.24) is 15.3 Å². The Kier molecular flexibility index (Phi) is 7.86. The van der Waals surface area contributed by atoms with Crippen molar-refractivity contribution in [2.75, 3.05) is 12.3 Å². The van der Waals surface area contributed by atoms with Crippen molar-refractivity contribution < 1.29 is 10.3 Å². The van der Waals surface area contributed by atoms with Gasteiger partial charge in [-0.1, -0.05) is 19.8 Å². The number of nitrogens with zero attached hydrogens (tertiary/aromatic N) is 2. The number of hydrogen-bond donors (Lipinski definition) is 2. The van der Waals surface area contributed by atoms with Gasteiger partial charge in [-0.2, -0.15) is 0 Å². The second kappa shape index (κ2) is 8.55. The van der Waals surface area contributed by atoms with Crippen molar-refractivity contribution in [3.05, 3.63) is 17.5 Å². The third-order valence-electron chi connectivity index (χ3n) is 2.89. The molecule has 0 aliphatic carbocycles. The molecule has 0 saturated heterocycles. The number of carbonyl (C=O) groups excluding carboxylic acids is 1. The Hall–Kier alpha value is -1.53. The highest BCUT2D eigenvalue weighted by atomic mass is 16.1. The van der Waals surface area contributed by atoms with Crippen LogP contribution in [0.25, 0.3) is 0 Å². The minimum Gasteiger partial charge on any atom is -0.412 e. The smallest absolute Gasteiger partial charge is 0.220 e. The number of anilines is 1. The fourth-order valence-electron chi connectivity index (χ4n) is 1.75. The fourth-order valence-corrected chi connectivity index (χ4v) is 1.75. The highest BCUT2D eigenvalue weighted by molar-refractivity contribution is 6.00. The third kappa shape index (κ3) is 5.32. The first-order chi connectivity index (χ1) is 8.56. The summed E-state index contributed by atoms with van der Waals surface area (Å²) in [5.74, 6) is 0.219. The molecule has 0 aliphatic heterocycles. The van der Waals surface area contributed by atoms with Gasteiger partial charge in [0.1, 0.15) is 0 Å². The monoisotopic (exact) mass is 268 g/mol. The molecular weight excluding hydrogens is 244 g/mol. The van der Waals surface area contributed by atoms with Crippen molar-refractivity contribution in [2.45, 2.75) is 46.1 Å². The summed E-state index contributed by atoms with van der Waals surface area (Å²) in [5, 5.41) is 3.22. The molecule has 0 aromatic carbocycles. The molecule has 5 N–H and O–H groups in total. The lowest BCUT2D eigenvalue weighted by molar-refractivity contribution is 0.0949. The molecular formula is C13H24N4O2. The van der Waals surface area contributed by atoms with Crippen molar-refractivity contribution >= 4 is 11.7 Å². The molecule has 19 heavy (non-hydrogen) atoms. The van der Waals surface area contributed by atoms with E-state index in [2.05, 4.69) is 22.2 Å². The Balaban J connectivity index is 0.00000324. The highest BCUT2D eigenvalue weighted by Crippen LogP contribution is 2.08. The number of unbranched alkanes of at least 4 members (excludes halogenated alkanes) is 2. The van der Waals surface area contributed by atoms with Gasteiger partial charge in [-0.05, 0) is 26.8 Å². The van der Waals surface area contributed by atoms with Crippen LogP contribution in [0.3, 0.4) is 0 Å². The molecule has 0 radical (unpaired) electrons. The predicted octanol–water partition coefficient (Wildman–Crippen LogP) is 0.894. The number of nitrogen functional groups attached to an aromatic ring is 1. The van der Waals surface area contributed by atoms with Crippen molar-refractivity contribution in [1.29, 1.82) is 0 Å². The van der Waals surface area contributed by atoms with Crippen LogP contribution in [0.1, 0.15) is 49.2 Å². The van der Waals surface area contributed by atoms with E-state index in [1.165, 1.54) is 19.0 Å². The molecule has 0 saturated carbocycles. The van der Waals surface area contributed by atoms with Gasteiger partial charge in [0, 0.05) is 6.20 Å². The Morgan fingerprint density at radius 3 is 2.74 bits per heavy atom. The second-order valence-electron chi connectivity index (χ2n) is 4.47. The van der Waals surface area contributed by atoms with Crippen LogP contribution in [-0.4, -0.2) is 33.8 Å². The van der Waals surface area contributed by atoms with Crippen LogP contribution >= 0.6 is 0 Å². The van der Waals surface area contributed by atoms with Gasteiger partial charge in [-0.3, -0.25) is 4.79 Å². The Bertz CT molecular complexity index is 410. The molecule has 108 valence electrons. The molecule has 0 spiro atoms. The van der Waals surface area contributed by atoms with Gasteiger partial charge in [0.05, 0.1) is 17.3 Å². The fraction of sp³-hybridized carbons (Fsp3) is 0.615. The van der Waals surface area contributed by atoms with Crippen LogP contribution in [0.15, 0.2) is 6.20 Å². The summed E-state index contributed by atoms with van der Waals surface area (Å²) in [6, 6.07) is -0.215. The number of nitrogens with one attached hydrogen (secondary N) is 1. The van der Waals surface area contributed by atoms with Crippen LogP contribution in [0.2, 0.25) is 0 Å². The zero-order valence-corrected chi connectivity index (χ0v) is 11.9. The van der Waals surface area contributed by atoms with E-state index < -0.39 is 0 Å². The van der Waals surface area contributed by atoms with Gasteiger partial charge in [0.15, 0.2) is 5.78 Å². The number of rotatable bonds is 7. The maximum atomic E-state index is 12.2. The largest absolute Gasteiger partial charge is 0.412 e. The first-order valence-corrected chi connectivity index (χ1v) is 6.43. The molecule has 0 aliphatic rings. The van der Waals surface area contributed by atoms with Crippen LogP contribution in [-0.2, 0) is 0 Å². The normalized spacial score (nSPS) is 11.7. The van der Waals surface area contributed by atoms with E-state index in [4.69, 9.17) is 5.73 Å². The van der Waals surface area contributed by atoms with Crippen LogP contribution in [0, 0.1) is 6.92 Å². The summed E-state index contributed by atoms with van der Waals surface area (Å²) < 4.78 is 0. The molecule has 1 atom stereocenters. The van der Waals surface area contributed by atoms with Crippen molar-refractivity contribution in [3.8, 4) is 0 Å². The SMILES string of the molecule is CCCCCNC(C)C(=O)c1cnc(N)nc1C.O. The third-order valence-corrected chi connectivity index (χ3v) is 2.89. The molecule has 6 heteroatoms. The zero-order chi connectivity index (χ0) is 13.5. The van der Waals surface area contributed by atoms with E-state index >= 15 is 0 Å². The summed E-state index contributed by atoms with van der Waals surface area (Å²) in [6.45, 7) is 6.65. The maximum absolute atomic E-state index is 12.2. The van der Waals surface area contributed by atoms with Crippen LogP contribution < -0.4 is 11.1 Å². The minimum atomic E-state index is -0.215. The van der Waals surface area contributed by atoms with Gasteiger partial charge in [0.2, 0.25) is 5.95 Å². The Labute approximate surface area is 114 Å². The molecule has 1 heterocycles. The molecule has 0 amide bonds. The molecule has 1 aromatic heterocycles.